The van der Waals surface area contributed by atoms with Gasteiger partial charge in [-0.1, -0.05) is 19.1 Å². The minimum Gasteiger partial charge on any atom is -0.351 e. The van der Waals surface area contributed by atoms with Gasteiger partial charge in [0.2, 0.25) is 0 Å². The SMILES string of the molecule is CCS(=O)(=O)CCNC(=O)c1ccccc1S. The fourth-order valence-electron chi connectivity index (χ4n) is 1.23. The molecule has 0 unspecified atom stereocenters. The van der Waals surface area contributed by atoms with Crippen LogP contribution in [0.1, 0.15) is 17.3 Å². The summed E-state index contributed by atoms with van der Waals surface area (Å²) >= 11 is 4.16. The van der Waals surface area contributed by atoms with Gasteiger partial charge in [-0.15, -0.1) is 12.6 Å². The van der Waals surface area contributed by atoms with E-state index in [4.69, 9.17) is 0 Å². The summed E-state index contributed by atoms with van der Waals surface area (Å²) in [5, 5.41) is 2.56. The number of sulfone groups is 1. The molecule has 0 atom stereocenters. The monoisotopic (exact) mass is 273 g/mol. The molecule has 0 bridgehead atoms. The Kier molecular flexibility index (Phi) is 5.02. The van der Waals surface area contributed by atoms with E-state index in [0.29, 0.717) is 10.5 Å². The van der Waals surface area contributed by atoms with Gasteiger partial charge in [-0.3, -0.25) is 4.79 Å². The lowest BCUT2D eigenvalue weighted by atomic mass is 10.2. The first kappa shape index (κ1) is 14.1. The average molecular weight is 273 g/mol. The predicted molar refractivity (Wildman–Crippen MR) is 70.4 cm³/mol. The Labute approximate surface area is 107 Å². The van der Waals surface area contributed by atoms with Gasteiger partial charge in [0.25, 0.3) is 5.91 Å². The van der Waals surface area contributed by atoms with Gasteiger partial charge >= 0.3 is 0 Å². The van der Waals surface area contributed by atoms with E-state index in [1.807, 2.05) is 0 Å². The third-order valence-corrected chi connectivity index (χ3v) is 4.38. The maximum atomic E-state index is 11.7. The van der Waals surface area contributed by atoms with Crippen LogP contribution in [0, 0.1) is 0 Å². The van der Waals surface area contributed by atoms with E-state index < -0.39 is 9.84 Å². The van der Waals surface area contributed by atoms with E-state index in [0.717, 1.165) is 0 Å². The van der Waals surface area contributed by atoms with Gasteiger partial charge in [0.15, 0.2) is 9.84 Å². The van der Waals surface area contributed by atoms with Crippen LogP contribution >= 0.6 is 12.6 Å². The molecular weight excluding hydrogens is 258 g/mol. The maximum absolute atomic E-state index is 11.7. The molecule has 0 aliphatic heterocycles. The smallest absolute Gasteiger partial charge is 0.252 e. The van der Waals surface area contributed by atoms with Crippen molar-refractivity contribution in [2.75, 3.05) is 18.1 Å². The van der Waals surface area contributed by atoms with E-state index >= 15 is 0 Å². The Morgan fingerprint density at radius 1 is 1.35 bits per heavy atom. The molecule has 0 fully saturated rings. The Bertz CT molecular complexity index is 497. The molecule has 1 N–H and O–H groups in total. The van der Waals surface area contributed by atoms with E-state index in [1.165, 1.54) is 0 Å². The molecule has 0 radical (unpaired) electrons. The number of thiol groups is 1. The van der Waals surface area contributed by atoms with Crippen LogP contribution in [-0.2, 0) is 9.84 Å². The molecule has 0 aromatic heterocycles. The van der Waals surface area contributed by atoms with Gasteiger partial charge in [0.05, 0.1) is 11.3 Å². The third kappa shape index (κ3) is 4.40. The van der Waals surface area contributed by atoms with Crippen molar-refractivity contribution < 1.29 is 13.2 Å². The number of carbonyl (C=O) groups excluding carboxylic acids is 1. The highest BCUT2D eigenvalue weighted by Gasteiger charge is 2.11. The lowest BCUT2D eigenvalue weighted by Gasteiger charge is -2.06. The Morgan fingerprint density at radius 2 is 2.00 bits per heavy atom. The third-order valence-electron chi connectivity index (χ3n) is 2.29. The summed E-state index contributed by atoms with van der Waals surface area (Å²) in [6, 6.07) is 6.87. The highest BCUT2D eigenvalue weighted by molar-refractivity contribution is 7.91. The van der Waals surface area contributed by atoms with Gasteiger partial charge in [-0.25, -0.2) is 8.42 Å². The van der Waals surface area contributed by atoms with Gasteiger partial charge in [0, 0.05) is 17.2 Å². The van der Waals surface area contributed by atoms with Crippen LogP contribution in [0.3, 0.4) is 0 Å². The lowest BCUT2D eigenvalue weighted by Crippen LogP contribution is -2.29. The van der Waals surface area contributed by atoms with Gasteiger partial charge in [-0.2, -0.15) is 0 Å². The molecule has 0 heterocycles. The van der Waals surface area contributed by atoms with Gasteiger partial charge in [-0.05, 0) is 12.1 Å². The molecule has 0 spiro atoms. The summed E-state index contributed by atoms with van der Waals surface area (Å²) in [5.74, 6) is -0.252. The first-order valence-electron chi connectivity index (χ1n) is 5.23. The summed E-state index contributed by atoms with van der Waals surface area (Å²) < 4.78 is 22.4. The number of amides is 1. The molecule has 0 saturated carbocycles. The van der Waals surface area contributed by atoms with Crippen LogP contribution < -0.4 is 5.32 Å². The molecule has 6 heteroatoms. The van der Waals surface area contributed by atoms with Crippen LogP contribution in [-0.4, -0.2) is 32.4 Å². The van der Waals surface area contributed by atoms with Crippen LogP contribution in [0.25, 0.3) is 0 Å². The zero-order chi connectivity index (χ0) is 12.9. The van der Waals surface area contributed by atoms with E-state index in [-0.39, 0.29) is 24.0 Å². The topological polar surface area (TPSA) is 63.2 Å². The molecule has 4 nitrogen and oxygen atoms in total. The minimum atomic E-state index is -3.04. The second kappa shape index (κ2) is 6.07. The predicted octanol–water partition coefficient (Wildman–Crippen LogP) is 1.14. The number of hydrogen-bond donors (Lipinski definition) is 2. The quantitative estimate of drug-likeness (QED) is 0.791. The van der Waals surface area contributed by atoms with E-state index in [9.17, 15) is 13.2 Å². The minimum absolute atomic E-state index is 0.0377. The zero-order valence-electron chi connectivity index (χ0n) is 9.51. The molecule has 0 saturated heterocycles. The first-order valence-corrected chi connectivity index (χ1v) is 7.50. The normalized spacial score (nSPS) is 11.2. The van der Waals surface area contributed by atoms with Crippen LogP contribution in [0.5, 0.6) is 0 Å². The largest absolute Gasteiger partial charge is 0.351 e. The summed E-state index contributed by atoms with van der Waals surface area (Å²) in [6.45, 7) is 1.71. The van der Waals surface area contributed by atoms with Crippen molar-refractivity contribution in [3.63, 3.8) is 0 Å². The molecule has 94 valence electrons. The number of benzene rings is 1. The van der Waals surface area contributed by atoms with E-state index in [2.05, 4.69) is 17.9 Å². The fraction of sp³-hybridized carbons (Fsp3) is 0.364. The molecule has 17 heavy (non-hydrogen) atoms. The van der Waals surface area contributed by atoms with Gasteiger partial charge < -0.3 is 5.32 Å². The highest BCUT2D eigenvalue weighted by atomic mass is 32.2. The summed E-state index contributed by atoms with van der Waals surface area (Å²) in [6.07, 6.45) is 0. The molecule has 1 aromatic rings. The average Bonchev–Trinajstić information content (AvgIpc) is 2.29. The van der Waals surface area contributed by atoms with Gasteiger partial charge in [0.1, 0.15) is 0 Å². The Balaban J connectivity index is 2.55. The number of carbonyl (C=O) groups is 1. The Morgan fingerprint density at radius 3 is 2.59 bits per heavy atom. The molecule has 1 amide bonds. The van der Waals surface area contributed by atoms with Crippen molar-refractivity contribution in [2.24, 2.45) is 0 Å². The lowest BCUT2D eigenvalue weighted by molar-refractivity contribution is 0.0953. The van der Waals surface area contributed by atoms with Crippen molar-refractivity contribution in [3.05, 3.63) is 29.8 Å². The van der Waals surface area contributed by atoms with Crippen LogP contribution in [0.4, 0.5) is 0 Å². The molecule has 0 aliphatic carbocycles. The summed E-state index contributed by atoms with van der Waals surface area (Å²) in [5.41, 5.74) is 0.449. The summed E-state index contributed by atoms with van der Waals surface area (Å²) in [7, 11) is -3.04. The van der Waals surface area contributed by atoms with Crippen molar-refractivity contribution >= 4 is 28.4 Å². The molecule has 1 aromatic carbocycles. The fourth-order valence-corrected chi connectivity index (χ4v) is 2.19. The highest BCUT2D eigenvalue weighted by Crippen LogP contribution is 2.12. The number of nitrogens with one attached hydrogen (secondary N) is 1. The maximum Gasteiger partial charge on any atom is 0.252 e. The van der Waals surface area contributed by atoms with Crippen molar-refractivity contribution in [1.29, 1.82) is 0 Å². The second-order valence-electron chi connectivity index (χ2n) is 3.51. The molecule has 0 aliphatic rings. The van der Waals surface area contributed by atoms with Crippen LogP contribution in [0.15, 0.2) is 29.2 Å². The number of rotatable bonds is 5. The Hall–Kier alpha value is -1.01. The van der Waals surface area contributed by atoms with Crippen molar-refractivity contribution in [3.8, 4) is 0 Å². The number of hydrogen-bond acceptors (Lipinski definition) is 4. The molecular formula is C11H15NO3S2. The van der Waals surface area contributed by atoms with Crippen molar-refractivity contribution in [2.45, 2.75) is 11.8 Å². The van der Waals surface area contributed by atoms with E-state index in [1.54, 1.807) is 31.2 Å². The second-order valence-corrected chi connectivity index (χ2v) is 6.46. The summed E-state index contributed by atoms with van der Waals surface area (Å²) in [4.78, 5) is 12.3. The van der Waals surface area contributed by atoms with Crippen LogP contribution in [0.2, 0.25) is 0 Å². The standard InChI is InChI=1S/C11H15NO3S2/c1-2-17(14,15)8-7-12-11(13)9-5-3-4-6-10(9)16/h3-6,16H,2,7-8H2,1H3,(H,12,13). The zero-order valence-corrected chi connectivity index (χ0v) is 11.2. The van der Waals surface area contributed by atoms with Crippen molar-refractivity contribution in [1.82, 2.24) is 5.32 Å². The molecule has 1 rings (SSSR count). The first-order chi connectivity index (χ1) is 7.96.